The molecule has 1 aromatic rings. The fraction of sp³-hybridized carbons (Fsp3) is 0.556. The van der Waals surface area contributed by atoms with Crippen LogP contribution in [-0.2, 0) is 11.3 Å². The number of hydrogen-bond acceptors (Lipinski definition) is 3. The minimum Gasteiger partial charge on any atom is -0.444 e. The Hall–Kier alpha value is -2.52. The van der Waals surface area contributed by atoms with Crippen LogP contribution < -0.4 is 16.0 Å². The highest BCUT2D eigenvalue weighted by Crippen LogP contribution is 2.19. The van der Waals surface area contributed by atoms with Crippen molar-refractivity contribution in [2.24, 2.45) is 4.99 Å². The molecule has 0 aliphatic heterocycles. The van der Waals surface area contributed by atoms with Crippen molar-refractivity contribution in [3.05, 3.63) is 34.9 Å². The topological polar surface area (TPSA) is 74.8 Å². The Bertz CT molecular complexity index is 720. The lowest BCUT2D eigenvalue weighted by Gasteiger charge is -2.29. The smallest absolute Gasteiger partial charge is 0.408 e. The predicted octanol–water partition coefficient (Wildman–Crippen LogP) is 3.21. The highest BCUT2D eigenvalue weighted by Gasteiger charge is 2.25. The van der Waals surface area contributed by atoms with Crippen LogP contribution in [0.2, 0.25) is 0 Å². The van der Waals surface area contributed by atoms with E-state index in [9.17, 15) is 22.4 Å². The monoisotopic (exact) mass is 406 g/mol. The summed E-state index contributed by atoms with van der Waals surface area (Å²) in [5, 5.41) is 8.09. The second-order valence-corrected chi connectivity index (χ2v) is 7.74. The number of carbonyl (C=O) groups is 1. The molecule has 0 saturated carbocycles. The molecule has 6 nitrogen and oxygen atoms in total. The summed E-state index contributed by atoms with van der Waals surface area (Å²) in [5.41, 5.74) is -2.20. The molecule has 28 heavy (non-hydrogen) atoms. The minimum atomic E-state index is -1.48. The van der Waals surface area contributed by atoms with Crippen molar-refractivity contribution < 1.29 is 27.1 Å². The average molecular weight is 406 g/mol. The number of alkyl carbamates (subject to hydrolysis) is 1. The van der Waals surface area contributed by atoms with Crippen molar-refractivity contribution in [3.63, 3.8) is 0 Å². The van der Waals surface area contributed by atoms with Crippen LogP contribution >= 0.6 is 0 Å². The second-order valence-electron chi connectivity index (χ2n) is 7.74. The van der Waals surface area contributed by atoms with Gasteiger partial charge in [-0.1, -0.05) is 0 Å². The molecule has 0 heterocycles. The van der Waals surface area contributed by atoms with Crippen LogP contribution in [0.25, 0.3) is 0 Å². The molecular formula is C18H26F4N4O2. The molecule has 158 valence electrons. The predicted molar refractivity (Wildman–Crippen MR) is 97.9 cm³/mol. The van der Waals surface area contributed by atoms with Crippen LogP contribution in [0.3, 0.4) is 0 Å². The van der Waals surface area contributed by atoms with Crippen LogP contribution in [0.1, 0.15) is 40.2 Å². The van der Waals surface area contributed by atoms with Gasteiger partial charge in [0.2, 0.25) is 0 Å². The number of carbonyl (C=O) groups excluding carboxylic acids is 1. The van der Waals surface area contributed by atoms with E-state index in [1.54, 1.807) is 34.6 Å². The van der Waals surface area contributed by atoms with Gasteiger partial charge in [-0.2, -0.15) is 0 Å². The molecule has 0 unspecified atom stereocenters. The van der Waals surface area contributed by atoms with Gasteiger partial charge < -0.3 is 20.7 Å². The number of aliphatic imine (C=N–C) groups is 1. The third-order valence-electron chi connectivity index (χ3n) is 3.40. The van der Waals surface area contributed by atoms with E-state index in [0.29, 0.717) is 0 Å². The second kappa shape index (κ2) is 9.11. The Kier molecular flexibility index (Phi) is 7.66. The summed E-state index contributed by atoms with van der Waals surface area (Å²) < 4.78 is 59.1. The molecule has 0 bridgehead atoms. The lowest BCUT2D eigenvalue weighted by Crippen LogP contribution is -2.54. The molecule has 0 atom stereocenters. The number of amides is 1. The SMILES string of the molecule is CN=C(NCc1c(F)c(F)cc(F)c1F)NCC(C)(C)NC(=O)OC(C)(C)C. The van der Waals surface area contributed by atoms with E-state index in [1.807, 2.05) is 0 Å². The zero-order chi connectivity index (χ0) is 21.7. The normalized spacial score (nSPS) is 12.6. The van der Waals surface area contributed by atoms with Gasteiger partial charge in [-0.15, -0.1) is 0 Å². The number of ether oxygens (including phenoxy) is 1. The highest BCUT2D eigenvalue weighted by atomic mass is 19.2. The lowest BCUT2D eigenvalue weighted by atomic mass is 10.1. The van der Waals surface area contributed by atoms with Gasteiger partial charge in [0.25, 0.3) is 0 Å². The molecular weight excluding hydrogens is 380 g/mol. The summed E-state index contributed by atoms with van der Waals surface area (Å²) in [6, 6.07) is 0.145. The van der Waals surface area contributed by atoms with E-state index in [0.717, 1.165) is 0 Å². The Morgan fingerprint density at radius 3 is 2.04 bits per heavy atom. The van der Waals surface area contributed by atoms with Crippen LogP contribution in [0.4, 0.5) is 22.4 Å². The molecule has 10 heteroatoms. The van der Waals surface area contributed by atoms with Gasteiger partial charge >= 0.3 is 6.09 Å². The fourth-order valence-electron chi connectivity index (χ4n) is 2.10. The molecule has 0 aliphatic rings. The van der Waals surface area contributed by atoms with Crippen molar-refractivity contribution >= 4 is 12.1 Å². The summed E-state index contributed by atoms with van der Waals surface area (Å²) in [6.07, 6.45) is -0.610. The summed E-state index contributed by atoms with van der Waals surface area (Å²) in [5.74, 6) is -5.81. The number of nitrogens with zero attached hydrogens (tertiary/aromatic N) is 1. The van der Waals surface area contributed by atoms with E-state index in [2.05, 4.69) is 20.9 Å². The van der Waals surface area contributed by atoms with Crippen LogP contribution in [0.5, 0.6) is 0 Å². The minimum absolute atomic E-state index is 0.113. The van der Waals surface area contributed by atoms with Crippen LogP contribution in [0.15, 0.2) is 11.1 Å². The Morgan fingerprint density at radius 2 is 1.57 bits per heavy atom. The van der Waals surface area contributed by atoms with E-state index in [1.165, 1.54) is 7.05 Å². The van der Waals surface area contributed by atoms with E-state index in [-0.39, 0.29) is 18.6 Å². The molecule has 1 amide bonds. The molecule has 1 rings (SSSR count). The van der Waals surface area contributed by atoms with Crippen LogP contribution in [-0.4, -0.2) is 36.8 Å². The number of rotatable bonds is 5. The molecule has 0 fully saturated rings. The first-order chi connectivity index (χ1) is 12.8. The van der Waals surface area contributed by atoms with Gasteiger partial charge in [-0.25, -0.2) is 22.4 Å². The van der Waals surface area contributed by atoms with Crippen molar-refractivity contribution in [2.45, 2.75) is 52.3 Å². The number of halogens is 4. The zero-order valence-corrected chi connectivity index (χ0v) is 16.8. The standard InChI is InChI=1S/C18H26F4N4O2/c1-17(2,3)28-16(27)26-18(4,5)9-25-15(23-6)24-8-10-13(21)11(19)7-12(20)14(10)22/h7H,8-9H2,1-6H3,(H,26,27)(H2,23,24,25). The maximum atomic E-state index is 13.7. The van der Waals surface area contributed by atoms with Crippen molar-refractivity contribution in [2.75, 3.05) is 13.6 Å². The van der Waals surface area contributed by atoms with E-state index in [4.69, 9.17) is 4.74 Å². The molecule has 0 radical (unpaired) electrons. The van der Waals surface area contributed by atoms with E-state index < -0.39 is 52.6 Å². The van der Waals surface area contributed by atoms with Gasteiger partial charge in [0.15, 0.2) is 29.2 Å². The highest BCUT2D eigenvalue weighted by molar-refractivity contribution is 5.79. The summed E-state index contributed by atoms with van der Waals surface area (Å²) in [4.78, 5) is 15.7. The van der Waals surface area contributed by atoms with Crippen molar-refractivity contribution in [1.29, 1.82) is 0 Å². The molecule has 0 aromatic heterocycles. The maximum Gasteiger partial charge on any atom is 0.408 e. The molecule has 0 aliphatic carbocycles. The van der Waals surface area contributed by atoms with Crippen LogP contribution in [0, 0.1) is 23.3 Å². The summed E-state index contributed by atoms with van der Waals surface area (Å²) >= 11 is 0. The van der Waals surface area contributed by atoms with Gasteiger partial charge in [-0.05, 0) is 34.6 Å². The zero-order valence-electron chi connectivity index (χ0n) is 16.8. The van der Waals surface area contributed by atoms with Gasteiger partial charge in [0, 0.05) is 31.8 Å². The average Bonchev–Trinajstić information content (AvgIpc) is 2.53. The van der Waals surface area contributed by atoms with Crippen molar-refractivity contribution in [1.82, 2.24) is 16.0 Å². The first kappa shape index (κ1) is 23.5. The Labute approximate surface area is 161 Å². The fourth-order valence-corrected chi connectivity index (χ4v) is 2.10. The largest absolute Gasteiger partial charge is 0.444 e. The number of hydrogen-bond donors (Lipinski definition) is 3. The summed E-state index contributed by atoms with van der Waals surface area (Å²) in [7, 11) is 1.41. The first-order valence-corrected chi connectivity index (χ1v) is 8.53. The van der Waals surface area contributed by atoms with Gasteiger partial charge in [-0.3, -0.25) is 4.99 Å². The lowest BCUT2D eigenvalue weighted by molar-refractivity contribution is 0.0474. The number of nitrogens with one attached hydrogen (secondary N) is 3. The molecule has 0 saturated heterocycles. The Morgan fingerprint density at radius 1 is 1.04 bits per heavy atom. The van der Waals surface area contributed by atoms with Gasteiger partial charge in [0.1, 0.15) is 5.60 Å². The summed E-state index contributed by atoms with van der Waals surface area (Å²) in [6.45, 7) is 8.28. The Balaban J connectivity index is 2.68. The van der Waals surface area contributed by atoms with Gasteiger partial charge in [0.05, 0.1) is 5.54 Å². The first-order valence-electron chi connectivity index (χ1n) is 8.53. The van der Waals surface area contributed by atoms with E-state index >= 15 is 0 Å². The third kappa shape index (κ3) is 7.24. The third-order valence-corrected chi connectivity index (χ3v) is 3.40. The van der Waals surface area contributed by atoms with Crippen molar-refractivity contribution in [3.8, 4) is 0 Å². The number of benzene rings is 1. The molecule has 0 spiro atoms. The quantitative estimate of drug-likeness (QED) is 0.304. The molecule has 1 aromatic carbocycles. The number of guanidine groups is 1. The molecule has 3 N–H and O–H groups in total. The maximum absolute atomic E-state index is 13.7.